The molecule has 0 aliphatic carbocycles. The lowest BCUT2D eigenvalue weighted by Gasteiger charge is -2.17. The second-order valence-electron chi connectivity index (χ2n) is 7.92. The second kappa shape index (κ2) is 10.6. The highest BCUT2D eigenvalue weighted by molar-refractivity contribution is 5.43. The Hall–Kier alpha value is -4.53. The van der Waals surface area contributed by atoms with E-state index in [1.807, 2.05) is 42.5 Å². The van der Waals surface area contributed by atoms with Crippen LogP contribution in [0.25, 0.3) is 0 Å². The Kier molecular flexibility index (Phi) is 7.15. The fourth-order valence-corrected chi connectivity index (χ4v) is 3.67. The van der Waals surface area contributed by atoms with E-state index in [-0.39, 0.29) is 13.1 Å². The van der Waals surface area contributed by atoms with E-state index in [0.717, 1.165) is 22.4 Å². The first-order valence-corrected chi connectivity index (χ1v) is 11.0. The molecule has 4 aromatic rings. The Morgan fingerprint density at radius 1 is 0.857 bits per heavy atom. The number of nitrogens with two attached hydrogens (primary N) is 1. The number of benzene rings is 2. The fraction of sp³-hybridized carbons (Fsp3) is 0.192. The minimum Gasteiger partial charge on any atom is -0.497 e. The first-order valence-electron chi connectivity index (χ1n) is 11.0. The largest absolute Gasteiger partial charge is 0.497 e. The normalized spacial score (nSPS) is 10.7. The van der Waals surface area contributed by atoms with Gasteiger partial charge in [0.05, 0.1) is 27.3 Å². The average Bonchev–Trinajstić information content (AvgIpc) is 2.88. The lowest BCUT2D eigenvalue weighted by Crippen LogP contribution is -2.41. The summed E-state index contributed by atoms with van der Waals surface area (Å²) in [6.07, 6.45) is 1.61. The first kappa shape index (κ1) is 23.6. The average molecular weight is 474 g/mol. The smallest absolute Gasteiger partial charge is 0.333 e. The van der Waals surface area contributed by atoms with Crippen molar-refractivity contribution in [2.75, 3.05) is 25.3 Å². The van der Waals surface area contributed by atoms with Gasteiger partial charge in [0.25, 0.3) is 5.56 Å². The summed E-state index contributed by atoms with van der Waals surface area (Å²) in [5, 5.41) is 3.19. The van der Waals surface area contributed by atoms with Crippen LogP contribution in [0.5, 0.6) is 11.5 Å². The molecule has 9 nitrogen and oxygen atoms in total. The summed E-state index contributed by atoms with van der Waals surface area (Å²) < 4.78 is 13.2. The van der Waals surface area contributed by atoms with Crippen LogP contribution in [0.1, 0.15) is 16.7 Å². The van der Waals surface area contributed by atoms with Gasteiger partial charge in [-0.05, 0) is 41.5 Å². The standard InChI is InChI=1S/C26H27N5O4/c1-34-21-9-5-18(6-10-21)16-30-23(29-15-20-4-3-13-28-25(20)27)14-24(32)31(26(30)33)17-19-7-11-22(35-2)12-8-19/h3-14,29H,15-17H2,1-2H3,(H2,27,28). The molecule has 0 saturated heterocycles. The molecule has 0 aliphatic heterocycles. The molecule has 2 aromatic carbocycles. The molecule has 35 heavy (non-hydrogen) atoms. The number of ether oxygens (including phenoxy) is 2. The van der Waals surface area contributed by atoms with E-state index in [2.05, 4.69) is 10.3 Å². The maximum absolute atomic E-state index is 13.5. The van der Waals surface area contributed by atoms with Crippen LogP contribution in [-0.2, 0) is 19.6 Å². The third kappa shape index (κ3) is 5.52. The number of methoxy groups -OCH3 is 2. The Morgan fingerprint density at radius 2 is 1.43 bits per heavy atom. The Morgan fingerprint density at radius 3 is 1.97 bits per heavy atom. The van der Waals surface area contributed by atoms with Crippen molar-refractivity contribution in [2.24, 2.45) is 0 Å². The van der Waals surface area contributed by atoms with Crippen molar-refractivity contribution < 1.29 is 9.47 Å². The molecular weight excluding hydrogens is 446 g/mol. The number of aromatic nitrogens is 3. The molecule has 9 heteroatoms. The highest BCUT2D eigenvalue weighted by atomic mass is 16.5. The first-order chi connectivity index (χ1) is 17.0. The van der Waals surface area contributed by atoms with Gasteiger partial charge in [0.15, 0.2) is 0 Å². The van der Waals surface area contributed by atoms with Crippen molar-refractivity contribution >= 4 is 11.6 Å². The molecule has 0 amide bonds. The van der Waals surface area contributed by atoms with E-state index in [9.17, 15) is 9.59 Å². The van der Waals surface area contributed by atoms with Gasteiger partial charge in [-0.3, -0.25) is 13.9 Å². The number of anilines is 2. The maximum atomic E-state index is 13.5. The fourth-order valence-electron chi connectivity index (χ4n) is 3.67. The van der Waals surface area contributed by atoms with E-state index < -0.39 is 11.2 Å². The predicted octanol–water partition coefficient (Wildman–Crippen LogP) is 2.71. The SMILES string of the molecule is COc1ccc(Cn2c(NCc3cccnc3N)cc(=O)n(Cc3ccc(OC)cc3)c2=O)cc1. The van der Waals surface area contributed by atoms with Gasteiger partial charge in [-0.2, -0.15) is 0 Å². The highest BCUT2D eigenvalue weighted by Crippen LogP contribution is 2.16. The Bertz CT molecular complexity index is 1410. The van der Waals surface area contributed by atoms with Crippen LogP contribution in [0.2, 0.25) is 0 Å². The molecular formula is C26H27N5O4. The molecule has 0 fully saturated rings. The van der Waals surface area contributed by atoms with E-state index in [4.69, 9.17) is 15.2 Å². The molecule has 2 aromatic heterocycles. The van der Waals surface area contributed by atoms with Gasteiger partial charge < -0.3 is 20.5 Å². The molecule has 0 unspecified atom stereocenters. The molecule has 3 N–H and O–H groups in total. The Labute approximate surface area is 202 Å². The number of hydrogen-bond donors (Lipinski definition) is 2. The van der Waals surface area contributed by atoms with Crippen LogP contribution >= 0.6 is 0 Å². The molecule has 4 rings (SSSR count). The lowest BCUT2D eigenvalue weighted by atomic mass is 10.2. The number of pyridine rings is 1. The van der Waals surface area contributed by atoms with Crippen molar-refractivity contribution in [3.8, 4) is 11.5 Å². The summed E-state index contributed by atoms with van der Waals surface area (Å²) >= 11 is 0. The van der Waals surface area contributed by atoms with Crippen molar-refractivity contribution in [1.82, 2.24) is 14.1 Å². The summed E-state index contributed by atoms with van der Waals surface area (Å²) in [6.45, 7) is 0.709. The van der Waals surface area contributed by atoms with Gasteiger partial charge in [-0.15, -0.1) is 0 Å². The molecule has 2 heterocycles. The van der Waals surface area contributed by atoms with E-state index in [0.29, 0.717) is 23.9 Å². The lowest BCUT2D eigenvalue weighted by molar-refractivity contribution is 0.414. The van der Waals surface area contributed by atoms with Gasteiger partial charge in [0, 0.05) is 24.4 Å². The summed E-state index contributed by atoms with van der Waals surface area (Å²) in [5.74, 6) is 2.20. The maximum Gasteiger partial charge on any atom is 0.333 e. The number of nitrogen functional groups attached to an aromatic ring is 1. The molecule has 180 valence electrons. The third-order valence-corrected chi connectivity index (χ3v) is 5.66. The van der Waals surface area contributed by atoms with Crippen molar-refractivity contribution in [3.05, 3.63) is 110 Å². The van der Waals surface area contributed by atoms with Gasteiger partial charge in [0.1, 0.15) is 23.1 Å². The zero-order valence-electron chi connectivity index (χ0n) is 19.6. The van der Waals surface area contributed by atoms with Crippen LogP contribution in [0, 0.1) is 0 Å². The van der Waals surface area contributed by atoms with E-state index >= 15 is 0 Å². The van der Waals surface area contributed by atoms with Crippen molar-refractivity contribution in [3.63, 3.8) is 0 Å². The van der Waals surface area contributed by atoms with E-state index in [1.165, 1.54) is 10.6 Å². The molecule has 0 radical (unpaired) electrons. The van der Waals surface area contributed by atoms with Crippen LogP contribution in [0.4, 0.5) is 11.6 Å². The van der Waals surface area contributed by atoms with Crippen LogP contribution in [0.3, 0.4) is 0 Å². The zero-order valence-corrected chi connectivity index (χ0v) is 19.6. The molecule has 0 bridgehead atoms. The number of nitrogens with one attached hydrogen (secondary N) is 1. The van der Waals surface area contributed by atoms with Crippen molar-refractivity contribution in [1.29, 1.82) is 0 Å². The van der Waals surface area contributed by atoms with Gasteiger partial charge in [-0.1, -0.05) is 30.3 Å². The van der Waals surface area contributed by atoms with Gasteiger partial charge >= 0.3 is 5.69 Å². The molecule has 0 atom stereocenters. The summed E-state index contributed by atoms with van der Waals surface area (Å²) in [7, 11) is 3.18. The highest BCUT2D eigenvalue weighted by Gasteiger charge is 2.14. The Balaban J connectivity index is 1.71. The van der Waals surface area contributed by atoms with Crippen LogP contribution in [-0.4, -0.2) is 28.3 Å². The minimum atomic E-state index is -0.425. The number of rotatable bonds is 9. The van der Waals surface area contributed by atoms with E-state index in [1.54, 1.807) is 43.2 Å². The monoisotopic (exact) mass is 473 g/mol. The predicted molar refractivity (Wildman–Crippen MR) is 135 cm³/mol. The minimum absolute atomic E-state index is 0.139. The quantitative estimate of drug-likeness (QED) is 0.384. The number of nitrogens with zero attached hydrogens (tertiary/aromatic N) is 3. The molecule has 0 saturated carbocycles. The topological polar surface area (TPSA) is 113 Å². The molecule has 0 spiro atoms. The van der Waals surface area contributed by atoms with Gasteiger partial charge in [-0.25, -0.2) is 9.78 Å². The third-order valence-electron chi connectivity index (χ3n) is 5.66. The summed E-state index contributed by atoms with van der Waals surface area (Å²) in [6, 6.07) is 19.7. The zero-order chi connectivity index (χ0) is 24.8. The van der Waals surface area contributed by atoms with Crippen LogP contribution in [0.15, 0.2) is 82.5 Å². The summed E-state index contributed by atoms with van der Waals surface area (Å²) in [5.41, 5.74) is 7.58. The second-order valence-corrected chi connectivity index (χ2v) is 7.92. The summed E-state index contributed by atoms with van der Waals surface area (Å²) in [4.78, 5) is 30.6. The number of hydrogen-bond acceptors (Lipinski definition) is 7. The van der Waals surface area contributed by atoms with Crippen molar-refractivity contribution in [2.45, 2.75) is 19.6 Å². The van der Waals surface area contributed by atoms with Gasteiger partial charge in [0.2, 0.25) is 0 Å². The van der Waals surface area contributed by atoms with Crippen LogP contribution < -0.4 is 31.8 Å². The molecule has 0 aliphatic rings.